The number of carbonyl (C=O) groups excluding carboxylic acids is 4. The molecule has 3 N–H and O–H groups in total. The molecule has 132 heavy (non-hydrogen) atoms. The number of benzene rings is 4. The monoisotopic (exact) mass is 1970 g/mol. The highest BCUT2D eigenvalue weighted by atomic mass is 35.5. The Morgan fingerprint density at radius 1 is 0.417 bits per heavy atom. The molecule has 12 heterocycles. The molecule has 0 radical (unpaired) electrons. The van der Waals surface area contributed by atoms with Crippen LogP contribution in [-0.4, -0.2) is 221 Å². The predicted molar refractivity (Wildman–Crippen MR) is 493 cm³/mol. The zero-order valence-corrected chi connectivity index (χ0v) is 80.6. The van der Waals surface area contributed by atoms with Gasteiger partial charge in [-0.2, -0.15) is 17.2 Å². The predicted octanol–water partition coefficient (Wildman–Crippen LogP) is 12.4. The summed E-state index contributed by atoms with van der Waals surface area (Å²) in [6, 6.07) is 37.8. The van der Waals surface area contributed by atoms with Gasteiger partial charge in [0.05, 0.1) is 77.4 Å². The van der Waals surface area contributed by atoms with E-state index in [2.05, 4.69) is 14.9 Å². The van der Waals surface area contributed by atoms with Gasteiger partial charge < -0.3 is 66.0 Å². The molecule has 710 valence electrons. The smallest absolute Gasteiger partial charge is 0.358 e. The minimum absolute atomic E-state index is 0.0198. The fourth-order valence-electron chi connectivity index (χ4n) is 16.2. The van der Waals surface area contributed by atoms with Crippen molar-refractivity contribution in [3.63, 3.8) is 0 Å². The Morgan fingerprint density at radius 2 is 0.773 bits per heavy atom. The number of halogens is 4. The molecule has 0 fully saturated rings. The summed E-state index contributed by atoms with van der Waals surface area (Å²) in [7, 11) is -15.8. The van der Waals surface area contributed by atoms with E-state index >= 15 is 0 Å². The van der Waals surface area contributed by atoms with Crippen molar-refractivity contribution in [3.8, 4) is 0 Å². The number of carboxylic acids is 2. The third kappa shape index (κ3) is 23.5. The van der Waals surface area contributed by atoms with Gasteiger partial charge in [0.15, 0.2) is 17.8 Å². The normalized spacial score (nSPS) is 17.8. The Kier molecular flexibility index (Phi) is 34.6. The van der Waals surface area contributed by atoms with Gasteiger partial charge in [-0.25, -0.2) is 57.6 Å². The Hall–Kier alpha value is -10.3. The maximum Gasteiger partial charge on any atom is 0.358 e. The number of fused-ring (bicyclic) bond motifs is 6. The number of carboxylic acid groups (broad SMARTS) is 2. The second kappa shape index (κ2) is 44.7. The van der Waals surface area contributed by atoms with E-state index < -0.39 is 100 Å². The Morgan fingerprint density at radius 3 is 1.18 bits per heavy atom. The van der Waals surface area contributed by atoms with E-state index in [4.69, 9.17) is 79.9 Å². The number of nitrogens with one attached hydrogen (secondary N) is 1. The number of aliphatic carboxylic acids is 2. The van der Waals surface area contributed by atoms with Gasteiger partial charge in [-0.3, -0.25) is 15.1 Å². The minimum Gasteiger partial charge on any atom is -0.480 e. The molecule has 5 atom stereocenters. The maximum absolute atomic E-state index is 13.5. The largest absolute Gasteiger partial charge is 0.480 e. The van der Waals surface area contributed by atoms with Crippen molar-refractivity contribution in [2.24, 2.45) is 4.99 Å². The van der Waals surface area contributed by atoms with Crippen molar-refractivity contribution in [2.45, 2.75) is 164 Å². The number of nitrogens with zero attached hydrogens (tertiary/aromatic N) is 11. The highest BCUT2D eigenvalue weighted by Crippen LogP contribution is 2.42. The van der Waals surface area contributed by atoms with Crippen LogP contribution >= 0.6 is 46.4 Å². The van der Waals surface area contributed by atoms with E-state index in [0.29, 0.717) is 85.3 Å². The summed E-state index contributed by atoms with van der Waals surface area (Å²) in [4.78, 5) is 74.4. The highest BCUT2D eigenvalue weighted by molar-refractivity contribution is 7.90. The molecular formula is C90H106Cl4N12O22S4. The summed E-state index contributed by atoms with van der Waals surface area (Å²) in [5, 5.41) is 22.1. The Bertz CT molecular complexity index is 6260. The van der Waals surface area contributed by atoms with Crippen molar-refractivity contribution in [1.29, 1.82) is 0 Å². The zero-order valence-electron chi connectivity index (χ0n) is 74.3. The zero-order chi connectivity index (χ0) is 95.9. The summed E-state index contributed by atoms with van der Waals surface area (Å²) in [5.41, 5.74) is 6.45. The molecular weight excluding hydrogens is 1870 g/mol. The molecule has 34 nitrogen and oxygen atoms in total. The number of carbonyl (C=O) groups is 6. The second-order valence-corrected chi connectivity index (χ2v) is 40.7. The van der Waals surface area contributed by atoms with Gasteiger partial charge in [0.25, 0.3) is 0 Å². The van der Waals surface area contributed by atoms with E-state index in [1.165, 1.54) is 25.0 Å². The van der Waals surface area contributed by atoms with Crippen LogP contribution in [0.5, 0.6) is 0 Å². The summed E-state index contributed by atoms with van der Waals surface area (Å²) < 4.78 is 154. The van der Waals surface area contributed by atoms with Crippen LogP contribution in [0.2, 0.25) is 20.1 Å². The third-order valence-electron chi connectivity index (χ3n) is 21.8. The van der Waals surface area contributed by atoms with Gasteiger partial charge in [-0.15, -0.1) is 0 Å². The van der Waals surface area contributed by atoms with Crippen molar-refractivity contribution >= 4 is 128 Å². The SMILES string of the molecule is CCOC(=O)C1=NCCn2cccc21.CCOC(=O)C1NCCn2cccc21.CCOC(=O)C1c2cccn2CCN1S(=O)(=O)c1c(C)cccc1Cl.Cc1cccc(Cl)c1S(=O)(=O)N1CCn2cccc2C1C(=O)O.Cc1cccc(Cl)c1S(=O)(=O)N1CCn2cccc2C1COCC(=O)O.Cc1cccc(Cl)c1S(=O)(=O)N1CCn2cccc2C1COCC(=O)OC(C)(C)C. The summed E-state index contributed by atoms with van der Waals surface area (Å²) in [6.07, 6.45) is 11.3. The van der Waals surface area contributed by atoms with Crippen molar-refractivity contribution in [3.05, 3.63) is 259 Å². The number of ether oxygens (including phenoxy) is 6. The molecule has 4 aromatic carbocycles. The standard InChI is InChI=1S/C21H27ClN2O5S.C17H19ClN2O5S.C17H19ClN2O4S.C15H15ClN2O4S.C10H14N2O2.C10H12N2O2/c1-15-7-5-8-16(22)20(15)30(26,27)24-12-11-23-10-6-9-17(23)18(24)13-28-14-19(25)29-21(2,3)4;1-12-4-2-5-13(18)17(12)26(23,24)20-9-8-19-7-3-6-14(19)15(20)10-25-11-16(21)22;1-3-24-17(21)15-14-8-5-9-19(14)10-11-20(15)25(22,23)16-12(2)6-4-7-13(16)18;1-10-4-2-5-11(16)14(10)23(21,22)18-9-8-17-7-3-6-12(17)13(18)15(19)20;2*1-2-14-10(13)9-8-4-3-6-12(8)7-5-11-9/h5-10,18H,11-14H2,1-4H3;2-7,15H,8-11H2,1H3,(H,21,22);4-9,15H,3,10-11H2,1-2H3;2-7,13H,8-9H2,1H3,(H,19,20);3-4,6,9,11H,2,5,7H2,1H3;3-4,6H,2,5,7H2,1H3. The highest BCUT2D eigenvalue weighted by Gasteiger charge is 2.46. The number of rotatable bonds is 23. The number of esters is 4. The molecule has 0 saturated heterocycles. The molecule has 0 amide bonds. The second-order valence-electron chi connectivity index (χ2n) is 31.8. The first kappa shape index (κ1) is 102. The first-order valence-electron chi connectivity index (χ1n) is 42.3. The van der Waals surface area contributed by atoms with Crippen LogP contribution in [0.1, 0.15) is 128 Å². The van der Waals surface area contributed by atoms with Crippen molar-refractivity contribution in [1.82, 2.24) is 49.9 Å². The molecule has 0 spiro atoms. The van der Waals surface area contributed by atoms with Crippen LogP contribution in [0.15, 0.2) is 207 Å². The van der Waals surface area contributed by atoms with Crippen LogP contribution in [0, 0.1) is 27.7 Å². The quantitative estimate of drug-likeness (QED) is 0.0395. The summed E-state index contributed by atoms with van der Waals surface area (Å²) >= 11 is 24.7. The van der Waals surface area contributed by atoms with Crippen LogP contribution in [0.4, 0.5) is 0 Å². The number of aryl methyl sites for hydroxylation is 4. The lowest BCUT2D eigenvalue weighted by Crippen LogP contribution is -2.45. The van der Waals surface area contributed by atoms with E-state index in [1.54, 1.807) is 158 Å². The van der Waals surface area contributed by atoms with Crippen molar-refractivity contribution < 1.29 is 101 Å². The number of aliphatic imine (C=N–C) groups is 1. The Balaban J connectivity index is 0.000000155. The lowest BCUT2D eigenvalue weighted by atomic mass is 10.1. The third-order valence-corrected chi connectivity index (χ3v) is 31.9. The molecule has 16 rings (SSSR count). The van der Waals surface area contributed by atoms with Crippen LogP contribution in [0.25, 0.3) is 0 Å². The van der Waals surface area contributed by atoms with Crippen LogP contribution < -0.4 is 5.32 Å². The molecule has 6 aromatic heterocycles. The van der Waals surface area contributed by atoms with E-state index in [9.17, 15) is 67.5 Å². The average molecular weight is 1980 g/mol. The van der Waals surface area contributed by atoms with Gasteiger partial charge >= 0.3 is 35.8 Å². The fraction of sp³-hybridized carbons (Fsp3) is 0.389. The van der Waals surface area contributed by atoms with E-state index in [-0.39, 0.29) is 110 Å². The van der Waals surface area contributed by atoms with E-state index in [0.717, 1.165) is 46.7 Å². The first-order valence-corrected chi connectivity index (χ1v) is 49.6. The Labute approximate surface area is 787 Å². The molecule has 6 aliphatic heterocycles. The van der Waals surface area contributed by atoms with Gasteiger partial charge in [0.1, 0.15) is 44.4 Å². The average Bonchev–Trinajstić information content (AvgIpc) is 1.29. The molecule has 6 aliphatic rings. The van der Waals surface area contributed by atoms with Gasteiger partial charge in [-0.1, -0.05) is 94.9 Å². The van der Waals surface area contributed by atoms with Gasteiger partial charge in [-0.05, 0) is 189 Å². The summed E-state index contributed by atoms with van der Waals surface area (Å²) in [6.45, 7) is 23.4. The van der Waals surface area contributed by atoms with Crippen LogP contribution in [0.3, 0.4) is 0 Å². The number of hydrogen-bond donors (Lipinski definition) is 3. The molecule has 0 aliphatic carbocycles. The maximum atomic E-state index is 13.5. The molecule has 42 heteroatoms. The lowest BCUT2D eigenvalue weighted by molar-refractivity contribution is -0.161. The summed E-state index contributed by atoms with van der Waals surface area (Å²) in [5.74, 6) is -3.91. The fourth-order valence-corrected chi connectivity index (χ4v) is 25.6. The number of sulfonamides is 4. The number of hydrogen-bond acceptors (Lipinski definition) is 22. The van der Waals surface area contributed by atoms with Gasteiger partial charge in [0.2, 0.25) is 40.1 Å². The van der Waals surface area contributed by atoms with Crippen LogP contribution in [-0.2, 0) is 137 Å². The topological polar surface area (TPSA) is 402 Å². The minimum atomic E-state index is -4.03. The molecule has 0 saturated carbocycles. The molecule has 5 unspecified atom stereocenters. The molecule has 10 aromatic rings. The lowest BCUT2D eigenvalue weighted by Gasteiger charge is -2.36. The van der Waals surface area contributed by atoms with Crippen molar-refractivity contribution in [2.75, 3.05) is 85.5 Å². The first-order chi connectivity index (χ1) is 62.7. The van der Waals surface area contributed by atoms with E-state index in [1.807, 2.05) is 105 Å². The number of aromatic nitrogens is 6. The van der Waals surface area contributed by atoms with Gasteiger partial charge in [0, 0.05) is 138 Å². The molecule has 0 bridgehead atoms.